The van der Waals surface area contributed by atoms with E-state index in [2.05, 4.69) is 0 Å². The van der Waals surface area contributed by atoms with Gasteiger partial charge in [0.25, 0.3) is 0 Å². The Morgan fingerprint density at radius 3 is 2.18 bits per heavy atom. The molecule has 0 aliphatic carbocycles. The van der Waals surface area contributed by atoms with Crippen LogP contribution >= 0.6 is 0 Å². The molecule has 0 aliphatic rings. The number of rotatable bonds is 3. The third-order valence-electron chi connectivity index (χ3n) is 7.96. The van der Waals surface area contributed by atoms with E-state index in [1.54, 1.807) is 18.2 Å². The number of hydrogen-bond acceptors (Lipinski definition) is 5. The van der Waals surface area contributed by atoms with Gasteiger partial charge in [-0.15, -0.1) is 0 Å². The van der Waals surface area contributed by atoms with Crippen LogP contribution in [0, 0.1) is 0 Å². The number of furan rings is 2. The summed E-state index contributed by atoms with van der Waals surface area (Å²) in [6.07, 6.45) is 0. The summed E-state index contributed by atoms with van der Waals surface area (Å²) >= 11 is 0. The molecule has 45 heavy (non-hydrogen) atoms. The second kappa shape index (κ2) is 9.11. The molecule has 0 saturated carbocycles. The van der Waals surface area contributed by atoms with Gasteiger partial charge in [0, 0.05) is 38.1 Å². The predicted molar refractivity (Wildman–Crippen MR) is 180 cm³/mol. The summed E-state index contributed by atoms with van der Waals surface area (Å²) in [7, 11) is 0. The highest BCUT2D eigenvalue weighted by molar-refractivity contribution is 6.23. The molecule has 0 bridgehead atoms. The average molecular weight is 589 g/mol. The zero-order valence-electron chi connectivity index (χ0n) is 33.0. The summed E-state index contributed by atoms with van der Waals surface area (Å²) in [6.45, 7) is 0. The van der Waals surface area contributed by atoms with Gasteiger partial charge in [-0.1, -0.05) is 90.9 Å². The number of benzene rings is 6. The fraction of sp³-hybridized carbons (Fsp3) is 0. The van der Waals surface area contributed by atoms with Gasteiger partial charge in [-0.25, -0.2) is 4.98 Å². The van der Waals surface area contributed by atoms with Crippen LogP contribution in [0.4, 0.5) is 0 Å². The molecule has 10 aromatic rings. The van der Waals surface area contributed by atoms with Gasteiger partial charge in [-0.3, -0.25) is 4.57 Å². The van der Waals surface area contributed by atoms with Crippen molar-refractivity contribution in [3.8, 4) is 28.7 Å². The smallest absolute Gasteiger partial charge is 0.238 e. The summed E-state index contributed by atoms with van der Waals surface area (Å²) in [6, 6.07) is 17.2. The first-order valence-corrected chi connectivity index (χ1v) is 14.1. The van der Waals surface area contributed by atoms with Gasteiger partial charge in [0.05, 0.1) is 30.1 Å². The maximum Gasteiger partial charge on any atom is 0.238 e. The second-order valence-electron chi connectivity index (χ2n) is 10.5. The lowest BCUT2D eigenvalue weighted by Gasteiger charge is -2.11. The lowest BCUT2D eigenvalue weighted by Crippen LogP contribution is -2.06. The standard InChI is InChI=1S/C39H22N4O2/c1-2-10-23(11-3-1)37-40-38(24-18-19-27-25-12-5-8-16-32(25)44-34(27)22-24)42-39(41-37)43-30-15-7-4-14-29(30)35-31(43)21-20-28-26-13-6-9-17-33(26)45-36(28)35/h1-22H/i4D,6D,7D,9D,13D,14D,15D,17D,20D,21D. The lowest BCUT2D eigenvalue weighted by atomic mass is 10.1. The molecule has 0 unspecified atom stereocenters. The van der Waals surface area contributed by atoms with Crippen LogP contribution in [0.5, 0.6) is 0 Å². The SMILES string of the molecule is [2H]c1c([2H])c([2H])c2c(oc3c2c([2H])c([2H])c2c3c3c([2H])c([2H])c([2H])c([2H])c3n2-c2nc(-c3ccccc3)nc(-c3ccc4c(c3)oc3ccccc34)n2)c1[2H]. The topological polar surface area (TPSA) is 69.9 Å². The molecule has 10 rings (SSSR count). The van der Waals surface area contributed by atoms with E-state index < -0.39 is 60.4 Å². The molecule has 4 heterocycles. The Balaban J connectivity index is 1.38. The molecule has 210 valence electrons. The summed E-state index contributed by atoms with van der Waals surface area (Å²) in [4.78, 5) is 14.5. The largest absolute Gasteiger partial charge is 0.456 e. The zero-order chi connectivity index (χ0) is 38.2. The zero-order valence-corrected chi connectivity index (χ0v) is 23.0. The van der Waals surface area contributed by atoms with Crippen molar-refractivity contribution >= 4 is 65.7 Å². The minimum Gasteiger partial charge on any atom is -0.456 e. The van der Waals surface area contributed by atoms with Crippen molar-refractivity contribution in [2.45, 2.75) is 0 Å². The van der Waals surface area contributed by atoms with Crippen LogP contribution in [-0.4, -0.2) is 19.5 Å². The number of fused-ring (bicyclic) bond motifs is 10. The van der Waals surface area contributed by atoms with Gasteiger partial charge in [-0.2, -0.15) is 9.97 Å². The molecule has 4 aromatic heterocycles. The first-order valence-electron chi connectivity index (χ1n) is 19.1. The van der Waals surface area contributed by atoms with E-state index in [0.29, 0.717) is 22.3 Å². The van der Waals surface area contributed by atoms with Crippen molar-refractivity contribution in [2.24, 2.45) is 0 Å². The van der Waals surface area contributed by atoms with Gasteiger partial charge in [0.15, 0.2) is 11.6 Å². The predicted octanol–water partition coefficient (Wildman–Crippen LogP) is 10.1. The Morgan fingerprint density at radius 2 is 1.27 bits per heavy atom. The summed E-state index contributed by atoms with van der Waals surface area (Å²) in [5.74, 6) is 0.284. The number of para-hydroxylation sites is 3. The third-order valence-corrected chi connectivity index (χ3v) is 7.96. The highest BCUT2D eigenvalue weighted by atomic mass is 16.3. The van der Waals surface area contributed by atoms with Crippen molar-refractivity contribution in [3.05, 3.63) is 133 Å². The Labute approximate surface area is 269 Å². The van der Waals surface area contributed by atoms with E-state index in [1.807, 2.05) is 54.6 Å². The molecule has 0 N–H and O–H groups in total. The van der Waals surface area contributed by atoms with Crippen molar-refractivity contribution < 1.29 is 22.5 Å². The van der Waals surface area contributed by atoms with Crippen LogP contribution in [-0.2, 0) is 0 Å². The summed E-state index contributed by atoms with van der Waals surface area (Å²) < 4.78 is 102. The van der Waals surface area contributed by atoms with Gasteiger partial charge >= 0.3 is 0 Å². The van der Waals surface area contributed by atoms with Gasteiger partial charge in [0.1, 0.15) is 22.3 Å². The van der Waals surface area contributed by atoms with Crippen LogP contribution in [0.3, 0.4) is 0 Å². The van der Waals surface area contributed by atoms with Crippen LogP contribution in [0.25, 0.3) is 94.4 Å². The highest BCUT2D eigenvalue weighted by Crippen LogP contribution is 2.40. The molecule has 6 nitrogen and oxygen atoms in total. The van der Waals surface area contributed by atoms with Crippen molar-refractivity contribution in [1.29, 1.82) is 0 Å². The van der Waals surface area contributed by atoms with Gasteiger partial charge in [0.2, 0.25) is 5.95 Å². The number of aromatic nitrogens is 4. The molecule has 0 radical (unpaired) electrons. The molecule has 0 aliphatic heterocycles. The first kappa shape index (κ1) is 16.5. The Bertz CT molecular complexity index is 3340. The maximum absolute atomic E-state index is 9.41. The Hall–Kier alpha value is -6.27. The van der Waals surface area contributed by atoms with E-state index in [0.717, 1.165) is 10.8 Å². The van der Waals surface area contributed by atoms with Crippen LogP contribution in [0.2, 0.25) is 0 Å². The highest BCUT2D eigenvalue weighted by Gasteiger charge is 2.21. The maximum atomic E-state index is 9.41. The minimum absolute atomic E-state index is 0.00187. The van der Waals surface area contributed by atoms with E-state index in [-0.39, 0.29) is 61.3 Å². The average Bonchev–Trinajstić information content (AvgIpc) is 3.90. The van der Waals surface area contributed by atoms with E-state index >= 15 is 0 Å². The van der Waals surface area contributed by atoms with E-state index in [4.69, 9.17) is 34.8 Å². The molecule has 0 atom stereocenters. The molecule has 0 amide bonds. The van der Waals surface area contributed by atoms with Crippen molar-refractivity contribution in [2.75, 3.05) is 0 Å². The fourth-order valence-electron chi connectivity index (χ4n) is 5.95. The number of hydrogen-bond donors (Lipinski definition) is 0. The first-order chi connectivity index (χ1) is 26.5. The molecule has 6 aromatic carbocycles. The van der Waals surface area contributed by atoms with Crippen molar-refractivity contribution in [1.82, 2.24) is 19.5 Å². The number of nitrogens with zero attached hydrogens (tertiary/aromatic N) is 4. The Kier molecular flexibility index (Phi) is 3.35. The third kappa shape index (κ3) is 3.53. The molecular formula is C39H22N4O2. The van der Waals surface area contributed by atoms with Gasteiger partial charge < -0.3 is 8.83 Å². The lowest BCUT2D eigenvalue weighted by molar-refractivity contribution is 0.669. The van der Waals surface area contributed by atoms with Crippen LogP contribution in [0.15, 0.2) is 142 Å². The van der Waals surface area contributed by atoms with Crippen LogP contribution < -0.4 is 0 Å². The summed E-state index contributed by atoms with van der Waals surface area (Å²) in [5, 5.41) is 1.54. The fourth-order valence-corrected chi connectivity index (χ4v) is 5.95. The van der Waals surface area contributed by atoms with E-state index in [9.17, 15) is 2.74 Å². The molecule has 0 fully saturated rings. The normalized spacial score (nSPS) is 15.1. The molecule has 6 heteroatoms. The van der Waals surface area contributed by atoms with Crippen molar-refractivity contribution in [3.63, 3.8) is 0 Å². The minimum atomic E-state index is -0.563. The van der Waals surface area contributed by atoms with Gasteiger partial charge in [-0.05, 0) is 42.4 Å². The van der Waals surface area contributed by atoms with E-state index in [1.165, 1.54) is 4.57 Å². The second-order valence-corrected chi connectivity index (χ2v) is 10.5. The molecular weight excluding hydrogens is 556 g/mol. The van der Waals surface area contributed by atoms with Crippen LogP contribution in [0.1, 0.15) is 13.7 Å². The summed E-state index contributed by atoms with van der Waals surface area (Å²) in [5.41, 5.74) is 1.86. The quantitative estimate of drug-likeness (QED) is 0.205. The Morgan fingerprint density at radius 1 is 0.511 bits per heavy atom. The molecule has 0 saturated heterocycles. The molecule has 0 spiro atoms. The monoisotopic (exact) mass is 588 g/mol.